The second kappa shape index (κ2) is 8.80. The molecule has 0 aliphatic carbocycles. The molecule has 0 radical (unpaired) electrons. The maximum atomic E-state index is 11.8. The van der Waals surface area contributed by atoms with Gasteiger partial charge >= 0.3 is 5.97 Å². The molecule has 21 heavy (non-hydrogen) atoms. The predicted octanol–water partition coefficient (Wildman–Crippen LogP) is 2.54. The molecule has 0 bridgehead atoms. The van der Waals surface area contributed by atoms with Crippen molar-refractivity contribution < 1.29 is 19.1 Å². The van der Waals surface area contributed by atoms with E-state index in [9.17, 15) is 9.59 Å². The van der Waals surface area contributed by atoms with Gasteiger partial charge in [-0.1, -0.05) is 25.0 Å². The van der Waals surface area contributed by atoms with Gasteiger partial charge in [-0.05, 0) is 31.0 Å². The number of benzene rings is 1. The molecule has 4 heteroatoms. The van der Waals surface area contributed by atoms with Crippen LogP contribution in [0.5, 0.6) is 5.75 Å². The summed E-state index contributed by atoms with van der Waals surface area (Å²) in [7, 11) is 0. The molecule has 0 aromatic heterocycles. The summed E-state index contributed by atoms with van der Waals surface area (Å²) in [4.78, 5) is 23.2. The van der Waals surface area contributed by atoms with Gasteiger partial charge in [-0.2, -0.15) is 0 Å². The monoisotopic (exact) mass is 288 g/mol. The topological polar surface area (TPSA) is 52.6 Å². The molecule has 0 amide bonds. The summed E-state index contributed by atoms with van der Waals surface area (Å²) < 4.78 is 10.3. The van der Waals surface area contributed by atoms with E-state index in [0.717, 1.165) is 17.7 Å². The standard InChI is InChI=1S/C17H20O4/c1-4-10-20-16-8-6-14(7-9-16)11-15(18)12-17(19)21-13(3)5-2/h2,6-9,13H,4,10-12H2,1,3H3. The molecule has 0 aliphatic rings. The van der Waals surface area contributed by atoms with Crippen molar-refractivity contribution in [1.29, 1.82) is 0 Å². The molecule has 0 N–H and O–H groups in total. The highest BCUT2D eigenvalue weighted by atomic mass is 16.5. The quantitative estimate of drug-likeness (QED) is 0.419. The number of hydrogen-bond donors (Lipinski definition) is 0. The van der Waals surface area contributed by atoms with E-state index < -0.39 is 12.1 Å². The molecule has 0 aliphatic heterocycles. The Morgan fingerprint density at radius 1 is 1.29 bits per heavy atom. The zero-order valence-electron chi connectivity index (χ0n) is 12.4. The molecule has 1 unspecified atom stereocenters. The summed E-state index contributed by atoms with van der Waals surface area (Å²) in [6.45, 7) is 4.28. The first kappa shape index (κ1) is 16.8. The van der Waals surface area contributed by atoms with Crippen LogP contribution in [0.3, 0.4) is 0 Å². The average molecular weight is 288 g/mol. The Morgan fingerprint density at radius 2 is 1.95 bits per heavy atom. The summed E-state index contributed by atoms with van der Waals surface area (Å²) in [5.41, 5.74) is 0.835. The number of terminal acetylenes is 1. The van der Waals surface area contributed by atoms with Crippen molar-refractivity contribution in [3.8, 4) is 18.1 Å². The highest BCUT2D eigenvalue weighted by molar-refractivity contribution is 5.96. The van der Waals surface area contributed by atoms with Crippen molar-refractivity contribution in [2.45, 2.75) is 39.2 Å². The average Bonchev–Trinajstić information content (AvgIpc) is 2.46. The van der Waals surface area contributed by atoms with E-state index in [-0.39, 0.29) is 18.6 Å². The lowest BCUT2D eigenvalue weighted by molar-refractivity contribution is -0.147. The largest absolute Gasteiger partial charge is 0.494 e. The Kier molecular flexibility index (Phi) is 7.03. The first-order chi connectivity index (χ1) is 10.0. The third-order valence-electron chi connectivity index (χ3n) is 2.68. The van der Waals surface area contributed by atoms with Crippen molar-refractivity contribution in [2.24, 2.45) is 0 Å². The number of ether oxygens (including phenoxy) is 2. The third kappa shape index (κ3) is 6.62. The van der Waals surface area contributed by atoms with Crippen LogP contribution in [0.25, 0.3) is 0 Å². The molecule has 0 spiro atoms. The number of hydrogen-bond acceptors (Lipinski definition) is 4. The molecule has 0 saturated carbocycles. The number of carbonyl (C=O) groups is 2. The summed E-state index contributed by atoms with van der Waals surface area (Å²) in [6, 6.07) is 7.27. The maximum absolute atomic E-state index is 11.8. The Morgan fingerprint density at radius 3 is 2.52 bits per heavy atom. The molecule has 0 saturated heterocycles. The summed E-state index contributed by atoms with van der Waals surface area (Å²) in [5.74, 6) is 2.26. The van der Waals surface area contributed by atoms with Gasteiger partial charge in [0, 0.05) is 6.42 Å². The molecule has 0 fully saturated rings. The molecule has 1 rings (SSSR count). The molecule has 1 atom stereocenters. The maximum Gasteiger partial charge on any atom is 0.314 e. The van der Waals surface area contributed by atoms with Crippen LogP contribution < -0.4 is 4.74 Å². The van der Waals surface area contributed by atoms with Crippen molar-refractivity contribution >= 4 is 11.8 Å². The number of Topliss-reactive ketones (excluding diaryl/α,β-unsaturated/α-hetero) is 1. The van der Waals surface area contributed by atoms with E-state index in [1.165, 1.54) is 0 Å². The normalized spacial score (nSPS) is 11.3. The molecule has 1 aromatic rings. The van der Waals surface area contributed by atoms with E-state index in [1.807, 2.05) is 31.2 Å². The van der Waals surface area contributed by atoms with Crippen LogP contribution in [0, 0.1) is 12.3 Å². The summed E-state index contributed by atoms with van der Waals surface area (Å²) >= 11 is 0. The van der Waals surface area contributed by atoms with Gasteiger partial charge in [-0.15, -0.1) is 6.42 Å². The van der Waals surface area contributed by atoms with Crippen LogP contribution in [-0.4, -0.2) is 24.5 Å². The van der Waals surface area contributed by atoms with Crippen LogP contribution >= 0.6 is 0 Å². The number of esters is 1. The Balaban J connectivity index is 2.44. The van der Waals surface area contributed by atoms with E-state index in [0.29, 0.717) is 6.61 Å². The molecule has 4 nitrogen and oxygen atoms in total. The second-order valence-corrected chi connectivity index (χ2v) is 4.68. The van der Waals surface area contributed by atoms with Gasteiger partial charge in [0.2, 0.25) is 0 Å². The fourth-order valence-corrected chi connectivity index (χ4v) is 1.65. The molecular weight excluding hydrogens is 268 g/mol. The second-order valence-electron chi connectivity index (χ2n) is 4.68. The lowest BCUT2D eigenvalue weighted by Gasteiger charge is -2.07. The minimum atomic E-state index is -0.611. The third-order valence-corrected chi connectivity index (χ3v) is 2.68. The highest BCUT2D eigenvalue weighted by Crippen LogP contribution is 2.13. The fraction of sp³-hybridized carbons (Fsp3) is 0.412. The van der Waals surface area contributed by atoms with Gasteiger partial charge in [-0.3, -0.25) is 9.59 Å². The van der Waals surface area contributed by atoms with Gasteiger partial charge in [0.05, 0.1) is 6.61 Å². The minimum absolute atomic E-state index is 0.188. The van der Waals surface area contributed by atoms with Gasteiger partial charge < -0.3 is 9.47 Å². The van der Waals surface area contributed by atoms with E-state index in [4.69, 9.17) is 15.9 Å². The zero-order chi connectivity index (χ0) is 15.7. The Hall–Kier alpha value is -2.28. The smallest absolute Gasteiger partial charge is 0.314 e. The van der Waals surface area contributed by atoms with Gasteiger partial charge in [0.1, 0.15) is 18.0 Å². The van der Waals surface area contributed by atoms with Crippen molar-refractivity contribution in [3.63, 3.8) is 0 Å². The van der Waals surface area contributed by atoms with Crippen molar-refractivity contribution in [3.05, 3.63) is 29.8 Å². The number of rotatable bonds is 8. The van der Waals surface area contributed by atoms with Gasteiger partial charge in [-0.25, -0.2) is 0 Å². The highest BCUT2D eigenvalue weighted by Gasteiger charge is 2.13. The molecule has 0 heterocycles. The number of ketones is 1. The zero-order valence-corrected chi connectivity index (χ0v) is 12.4. The first-order valence-corrected chi connectivity index (χ1v) is 6.94. The summed E-state index contributed by atoms with van der Waals surface area (Å²) in [5, 5.41) is 0. The lowest BCUT2D eigenvalue weighted by atomic mass is 10.1. The molecule has 1 aromatic carbocycles. The number of carbonyl (C=O) groups excluding carboxylic acids is 2. The SMILES string of the molecule is C#CC(C)OC(=O)CC(=O)Cc1ccc(OCCC)cc1. The van der Waals surface area contributed by atoms with Gasteiger partial charge in [0.25, 0.3) is 0 Å². The van der Waals surface area contributed by atoms with Crippen LogP contribution in [0.4, 0.5) is 0 Å². The van der Waals surface area contributed by atoms with Crippen LogP contribution in [-0.2, 0) is 20.7 Å². The lowest BCUT2D eigenvalue weighted by Crippen LogP contribution is -2.17. The van der Waals surface area contributed by atoms with Crippen molar-refractivity contribution in [1.82, 2.24) is 0 Å². The van der Waals surface area contributed by atoms with Crippen LogP contribution in [0.1, 0.15) is 32.3 Å². The van der Waals surface area contributed by atoms with E-state index in [1.54, 1.807) is 6.92 Å². The molecule has 112 valence electrons. The Labute approximate surface area is 125 Å². The minimum Gasteiger partial charge on any atom is -0.494 e. The fourth-order valence-electron chi connectivity index (χ4n) is 1.65. The van der Waals surface area contributed by atoms with Crippen LogP contribution in [0.15, 0.2) is 24.3 Å². The molecular formula is C17H20O4. The van der Waals surface area contributed by atoms with E-state index in [2.05, 4.69) is 5.92 Å². The predicted molar refractivity (Wildman–Crippen MR) is 79.9 cm³/mol. The van der Waals surface area contributed by atoms with Crippen molar-refractivity contribution in [2.75, 3.05) is 6.61 Å². The van der Waals surface area contributed by atoms with Crippen LogP contribution in [0.2, 0.25) is 0 Å². The Bertz CT molecular complexity index is 511. The summed E-state index contributed by atoms with van der Waals surface area (Å²) in [6.07, 6.45) is 5.36. The van der Waals surface area contributed by atoms with Gasteiger partial charge in [0.15, 0.2) is 6.10 Å². The van der Waals surface area contributed by atoms with E-state index >= 15 is 0 Å². The first-order valence-electron chi connectivity index (χ1n) is 6.94.